The van der Waals surface area contributed by atoms with E-state index >= 15 is 0 Å². The summed E-state index contributed by atoms with van der Waals surface area (Å²) in [4.78, 5) is 0. The third kappa shape index (κ3) is 5.69. The zero-order chi connectivity index (χ0) is 17.4. The summed E-state index contributed by atoms with van der Waals surface area (Å²) >= 11 is 6.91. The summed E-state index contributed by atoms with van der Waals surface area (Å²) in [6, 6.07) is 17.0. The summed E-state index contributed by atoms with van der Waals surface area (Å²) in [5.74, 6) is 0. The van der Waals surface area contributed by atoms with Crippen molar-refractivity contribution in [3.8, 4) is 0 Å². The van der Waals surface area contributed by atoms with E-state index < -0.39 is 0 Å². The Morgan fingerprint density at radius 3 is 1.29 bits per heavy atom. The van der Waals surface area contributed by atoms with Crippen LogP contribution >= 0.6 is 31.9 Å². The summed E-state index contributed by atoms with van der Waals surface area (Å²) in [5, 5.41) is 1.60. The summed E-state index contributed by atoms with van der Waals surface area (Å²) in [6.45, 7) is 5.46. The first-order valence-electron chi connectivity index (χ1n) is 8.14. The number of alkyl halides is 2. The minimum absolute atomic E-state index is 0.134. The molecule has 0 aromatic heterocycles. The Balaban J connectivity index is 2.35. The molecule has 0 saturated heterocycles. The molecule has 2 atom stereocenters. The van der Waals surface area contributed by atoms with E-state index in [-0.39, 0.29) is 12.2 Å². The molecule has 0 aliphatic carbocycles. The lowest BCUT2D eigenvalue weighted by Gasteiger charge is -2.28. The number of rotatable bonds is 9. The van der Waals surface area contributed by atoms with E-state index in [0.717, 1.165) is 21.8 Å². The fraction of sp³-hybridized carbons (Fsp3) is 0.400. The van der Waals surface area contributed by atoms with Gasteiger partial charge in [0.1, 0.15) is 12.2 Å². The standard InChI is InChI=1S/C20H24Br2O2/c1-15-3-7-17(8-4-15)19(23-13-11-21)20(24-14-12-22)18-9-5-16(2)6-10-18/h3-10,19-20H,11-14H2,1-2H3. The van der Waals surface area contributed by atoms with Crippen LogP contribution in [0.5, 0.6) is 0 Å². The quantitative estimate of drug-likeness (QED) is 0.437. The molecule has 2 aromatic carbocycles. The van der Waals surface area contributed by atoms with Crippen LogP contribution in [0.2, 0.25) is 0 Å². The van der Waals surface area contributed by atoms with Gasteiger partial charge in [0.25, 0.3) is 0 Å². The van der Waals surface area contributed by atoms with E-state index in [1.54, 1.807) is 0 Å². The van der Waals surface area contributed by atoms with Gasteiger partial charge in [-0.1, -0.05) is 91.5 Å². The second-order valence-corrected chi connectivity index (χ2v) is 7.37. The molecule has 4 heteroatoms. The van der Waals surface area contributed by atoms with Gasteiger partial charge in [-0.3, -0.25) is 0 Å². The van der Waals surface area contributed by atoms with Gasteiger partial charge in [-0.15, -0.1) is 0 Å². The molecule has 2 rings (SSSR count). The largest absolute Gasteiger partial charge is 0.370 e. The van der Waals surface area contributed by atoms with Crippen LogP contribution in [0, 0.1) is 13.8 Å². The molecule has 0 bridgehead atoms. The van der Waals surface area contributed by atoms with Crippen LogP contribution in [0.4, 0.5) is 0 Å². The molecular weight excluding hydrogens is 432 g/mol. The molecule has 2 aromatic rings. The predicted octanol–water partition coefficient (Wildman–Crippen LogP) is 5.91. The highest BCUT2D eigenvalue weighted by molar-refractivity contribution is 9.09. The van der Waals surface area contributed by atoms with Crippen LogP contribution in [0.15, 0.2) is 48.5 Å². The summed E-state index contributed by atoms with van der Waals surface area (Å²) in [7, 11) is 0. The highest BCUT2D eigenvalue weighted by atomic mass is 79.9. The second kappa shape index (κ2) is 10.3. The predicted molar refractivity (Wildman–Crippen MR) is 107 cm³/mol. The Kier molecular flexibility index (Phi) is 8.46. The average Bonchev–Trinajstić information content (AvgIpc) is 2.60. The van der Waals surface area contributed by atoms with Crippen LogP contribution < -0.4 is 0 Å². The normalized spacial score (nSPS) is 13.7. The smallest absolute Gasteiger partial charge is 0.113 e. The second-order valence-electron chi connectivity index (χ2n) is 5.78. The van der Waals surface area contributed by atoms with Crippen molar-refractivity contribution in [1.29, 1.82) is 0 Å². The van der Waals surface area contributed by atoms with Gasteiger partial charge in [-0.05, 0) is 25.0 Å². The summed E-state index contributed by atoms with van der Waals surface area (Å²) in [6.07, 6.45) is -0.269. The van der Waals surface area contributed by atoms with Crippen LogP contribution in [0.3, 0.4) is 0 Å². The molecule has 0 spiro atoms. The molecule has 130 valence electrons. The first-order valence-corrected chi connectivity index (χ1v) is 10.4. The fourth-order valence-electron chi connectivity index (χ4n) is 2.57. The monoisotopic (exact) mass is 454 g/mol. The Morgan fingerprint density at radius 1 is 0.667 bits per heavy atom. The van der Waals surface area contributed by atoms with Crippen molar-refractivity contribution < 1.29 is 9.47 Å². The zero-order valence-electron chi connectivity index (χ0n) is 14.2. The van der Waals surface area contributed by atoms with Crippen LogP contribution in [0.1, 0.15) is 34.5 Å². The third-order valence-electron chi connectivity index (χ3n) is 3.84. The Morgan fingerprint density at radius 2 is 1.00 bits per heavy atom. The van der Waals surface area contributed by atoms with Gasteiger partial charge in [-0.25, -0.2) is 0 Å². The van der Waals surface area contributed by atoms with E-state index in [0.29, 0.717) is 13.2 Å². The van der Waals surface area contributed by atoms with Gasteiger partial charge in [0.2, 0.25) is 0 Å². The number of halogens is 2. The van der Waals surface area contributed by atoms with Crippen LogP contribution in [-0.2, 0) is 9.47 Å². The third-order valence-corrected chi connectivity index (χ3v) is 4.48. The molecular formula is C20H24Br2O2. The van der Waals surface area contributed by atoms with E-state index in [9.17, 15) is 0 Å². The first kappa shape index (κ1) is 19.6. The van der Waals surface area contributed by atoms with Crippen molar-refractivity contribution in [2.45, 2.75) is 26.1 Å². The molecule has 0 saturated carbocycles. The molecule has 0 N–H and O–H groups in total. The van der Waals surface area contributed by atoms with E-state index in [4.69, 9.17) is 9.47 Å². The maximum atomic E-state index is 6.17. The average molecular weight is 456 g/mol. The van der Waals surface area contributed by atoms with Gasteiger partial charge in [0.05, 0.1) is 13.2 Å². The van der Waals surface area contributed by atoms with Gasteiger partial charge < -0.3 is 9.47 Å². The van der Waals surface area contributed by atoms with Crippen LogP contribution in [-0.4, -0.2) is 23.9 Å². The van der Waals surface area contributed by atoms with Crippen molar-refractivity contribution in [3.05, 3.63) is 70.8 Å². The molecule has 2 unspecified atom stereocenters. The Hall–Kier alpha value is -0.680. The van der Waals surface area contributed by atoms with Crippen molar-refractivity contribution >= 4 is 31.9 Å². The number of hydrogen-bond donors (Lipinski definition) is 0. The van der Waals surface area contributed by atoms with Gasteiger partial charge in [0.15, 0.2) is 0 Å². The lowest BCUT2D eigenvalue weighted by atomic mass is 9.96. The topological polar surface area (TPSA) is 18.5 Å². The van der Waals surface area contributed by atoms with Crippen molar-refractivity contribution in [1.82, 2.24) is 0 Å². The lowest BCUT2D eigenvalue weighted by Crippen LogP contribution is -2.20. The highest BCUT2D eigenvalue weighted by Crippen LogP contribution is 2.35. The number of benzene rings is 2. The van der Waals surface area contributed by atoms with Crippen molar-refractivity contribution in [2.75, 3.05) is 23.9 Å². The molecule has 0 heterocycles. The molecule has 0 aliphatic rings. The Bertz CT molecular complexity index is 541. The number of aryl methyl sites for hydroxylation is 2. The molecule has 0 radical (unpaired) electrons. The maximum absolute atomic E-state index is 6.17. The lowest BCUT2D eigenvalue weighted by molar-refractivity contribution is -0.0697. The highest BCUT2D eigenvalue weighted by Gasteiger charge is 2.26. The van der Waals surface area contributed by atoms with Gasteiger partial charge >= 0.3 is 0 Å². The van der Waals surface area contributed by atoms with Gasteiger partial charge in [-0.2, -0.15) is 0 Å². The fourth-order valence-corrected chi connectivity index (χ4v) is 2.95. The SMILES string of the molecule is Cc1ccc(C(OCCBr)C(OCCBr)c2ccc(C)cc2)cc1. The molecule has 0 amide bonds. The van der Waals surface area contributed by atoms with E-state index in [1.165, 1.54) is 11.1 Å². The molecule has 0 aliphatic heterocycles. The molecule has 2 nitrogen and oxygen atoms in total. The summed E-state index contributed by atoms with van der Waals surface area (Å²) in [5.41, 5.74) is 4.76. The maximum Gasteiger partial charge on any atom is 0.113 e. The summed E-state index contributed by atoms with van der Waals surface area (Å²) < 4.78 is 12.3. The zero-order valence-corrected chi connectivity index (χ0v) is 17.3. The van der Waals surface area contributed by atoms with Crippen molar-refractivity contribution in [2.24, 2.45) is 0 Å². The Labute approximate surface area is 161 Å². The minimum Gasteiger partial charge on any atom is -0.370 e. The van der Waals surface area contributed by atoms with E-state index in [1.807, 2.05) is 0 Å². The number of ether oxygens (including phenoxy) is 2. The van der Waals surface area contributed by atoms with Crippen molar-refractivity contribution in [3.63, 3.8) is 0 Å². The minimum atomic E-state index is -0.134. The number of hydrogen-bond acceptors (Lipinski definition) is 2. The molecule has 0 fully saturated rings. The first-order chi connectivity index (χ1) is 11.7. The van der Waals surface area contributed by atoms with Crippen LogP contribution in [0.25, 0.3) is 0 Å². The van der Waals surface area contributed by atoms with Gasteiger partial charge in [0, 0.05) is 10.7 Å². The molecule has 24 heavy (non-hydrogen) atoms. The van der Waals surface area contributed by atoms with E-state index in [2.05, 4.69) is 94.2 Å².